The molecule has 2 fully saturated rings. The third-order valence-electron chi connectivity index (χ3n) is 5.90. The summed E-state index contributed by atoms with van der Waals surface area (Å²) < 4.78 is 0. The highest BCUT2D eigenvalue weighted by Crippen LogP contribution is 2.40. The first-order chi connectivity index (χ1) is 9.54. The van der Waals surface area contributed by atoms with Crippen LogP contribution in [0.15, 0.2) is 0 Å². The molecule has 0 radical (unpaired) electrons. The quantitative estimate of drug-likeness (QED) is 0.797. The van der Waals surface area contributed by atoms with Crippen molar-refractivity contribution < 1.29 is 0 Å². The molecule has 1 aliphatic heterocycles. The highest BCUT2D eigenvalue weighted by molar-refractivity contribution is 4.91. The van der Waals surface area contributed by atoms with Crippen LogP contribution >= 0.6 is 0 Å². The summed E-state index contributed by atoms with van der Waals surface area (Å²) in [5, 5.41) is 3.65. The van der Waals surface area contributed by atoms with Gasteiger partial charge in [0, 0.05) is 19.6 Å². The molecule has 1 saturated heterocycles. The van der Waals surface area contributed by atoms with Crippen LogP contribution < -0.4 is 5.32 Å². The zero-order valence-corrected chi connectivity index (χ0v) is 14.3. The number of nitrogens with one attached hydrogen (secondary N) is 1. The van der Waals surface area contributed by atoms with Gasteiger partial charge in [0.25, 0.3) is 0 Å². The highest BCUT2D eigenvalue weighted by Gasteiger charge is 2.37. The average Bonchev–Trinajstić information content (AvgIpc) is 2.88. The Bertz CT molecular complexity index is 274. The Morgan fingerprint density at radius 1 is 1.20 bits per heavy atom. The van der Waals surface area contributed by atoms with Gasteiger partial charge < -0.3 is 10.2 Å². The van der Waals surface area contributed by atoms with E-state index < -0.39 is 0 Å². The van der Waals surface area contributed by atoms with E-state index >= 15 is 0 Å². The van der Waals surface area contributed by atoms with Crippen LogP contribution in [-0.2, 0) is 0 Å². The molecular formula is C18H36N2. The predicted molar refractivity (Wildman–Crippen MR) is 88.0 cm³/mol. The van der Waals surface area contributed by atoms with Crippen molar-refractivity contribution in [3.63, 3.8) is 0 Å². The molecule has 20 heavy (non-hydrogen) atoms. The molecule has 0 amide bonds. The summed E-state index contributed by atoms with van der Waals surface area (Å²) in [6, 6.07) is 0. The van der Waals surface area contributed by atoms with Gasteiger partial charge in [-0.3, -0.25) is 0 Å². The maximum atomic E-state index is 3.65. The van der Waals surface area contributed by atoms with Crippen LogP contribution in [0.1, 0.15) is 59.8 Å². The molecule has 0 bridgehead atoms. The second kappa shape index (κ2) is 7.26. The Balaban J connectivity index is 1.91. The van der Waals surface area contributed by atoms with Gasteiger partial charge in [0.2, 0.25) is 0 Å². The Morgan fingerprint density at radius 2 is 1.90 bits per heavy atom. The summed E-state index contributed by atoms with van der Waals surface area (Å²) in [7, 11) is 0. The Labute approximate surface area is 126 Å². The van der Waals surface area contributed by atoms with Crippen LogP contribution in [0.5, 0.6) is 0 Å². The molecule has 2 nitrogen and oxygen atoms in total. The number of hydrogen-bond acceptors (Lipinski definition) is 2. The van der Waals surface area contributed by atoms with E-state index in [-0.39, 0.29) is 0 Å². The van der Waals surface area contributed by atoms with Crippen LogP contribution in [0, 0.1) is 23.2 Å². The van der Waals surface area contributed by atoms with E-state index in [0.29, 0.717) is 5.41 Å². The Kier molecular flexibility index (Phi) is 5.92. The lowest BCUT2D eigenvalue weighted by atomic mass is 9.70. The lowest BCUT2D eigenvalue weighted by molar-refractivity contribution is 0.0957. The smallest absolute Gasteiger partial charge is 0.00503 e. The second-order valence-corrected chi connectivity index (χ2v) is 7.99. The normalized spacial score (nSPS) is 35.9. The van der Waals surface area contributed by atoms with Crippen LogP contribution in [0.3, 0.4) is 0 Å². The van der Waals surface area contributed by atoms with Crippen molar-refractivity contribution in [1.29, 1.82) is 0 Å². The molecule has 1 aliphatic carbocycles. The van der Waals surface area contributed by atoms with E-state index in [0.717, 1.165) is 24.3 Å². The highest BCUT2D eigenvalue weighted by atomic mass is 15.2. The van der Waals surface area contributed by atoms with Gasteiger partial charge >= 0.3 is 0 Å². The number of nitrogens with zero attached hydrogens (tertiary/aromatic N) is 1. The van der Waals surface area contributed by atoms with Crippen molar-refractivity contribution in [2.24, 2.45) is 23.2 Å². The standard InChI is InChI=1S/C18H36N2/c1-5-19-13-18(9-6-16(4)7-10-18)14-20-11-8-17(12-20)15(2)3/h15-17,19H,5-14H2,1-4H3. The van der Waals surface area contributed by atoms with Gasteiger partial charge in [-0.15, -0.1) is 0 Å². The summed E-state index contributed by atoms with van der Waals surface area (Å²) in [6.07, 6.45) is 7.17. The fourth-order valence-corrected chi connectivity index (χ4v) is 4.18. The lowest BCUT2D eigenvalue weighted by Crippen LogP contribution is -2.45. The molecule has 118 valence electrons. The van der Waals surface area contributed by atoms with Gasteiger partial charge in [-0.05, 0) is 55.5 Å². The monoisotopic (exact) mass is 280 g/mol. The van der Waals surface area contributed by atoms with E-state index in [1.54, 1.807) is 0 Å². The maximum Gasteiger partial charge on any atom is 0.00503 e. The molecule has 2 heteroatoms. The van der Waals surface area contributed by atoms with Crippen LogP contribution in [0.4, 0.5) is 0 Å². The molecule has 1 atom stereocenters. The first-order valence-corrected chi connectivity index (χ1v) is 8.98. The zero-order chi connectivity index (χ0) is 14.6. The second-order valence-electron chi connectivity index (χ2n) is 7.99. The Morgan fingerprint density at radius 3 is 2.45 bits per heavy atom. The largest absolute Gasteiger partial charge is 0.316 e. The van der Waals surface area contributed by atoms with Crippen molar-refractivity contribution in [2.75, 3.05) is 32.7 Å². The summed E-state index contributed by atoms with van der Waals surface area (Å²) >= 11 is 0. The van der Waals surface area contributed by atoms with E-state index in [9.17, 15) is 0 Å². The molecular weight excluding hydrogens is 244 g/mol. The van der Waals surface area contributed by atoms with Gasteiger partial charge in [0.05, 0.1) is 0 Å². The summed E-state index contributed by atoms with van der Waals surface area (Å²) in [6.45, 7) is 15.8. The zero-order valence-electron chi connectivity index (χ0n) is 14.3. The maximum absolute atomic E-state index is 3.65. The van der Waals surface area contributed by atoms with Crippen LogP contribution in [0.2, 0.25) is 0 Å². The molecule has 1 N–H and O–H groups in total. The molecule has 1 unspecified atom stereocenters. The topological polar surface area (TPSA) is 15.3 Å². The number of likely N-dealkylation sites (tertiary alicyclic amines) is 1. The molecule has 1 heterocycles. The molecule has 0 spiro atoms. The molecule has 0 aromatic carbocycles. The predicted octanol–water partition coefficient (Wildman–Crippen LogP) is 3.77. The van der Waals surface area contributed by atoms with E-state index in [2.05, 4.69) is 37.9 Å². The van der Waals surface area contributed by atoms with Crippen molar-refractivity contribution in [3.8, 4) is 0 Å². The van der Waals surface area contributed by atoms with Crippen molar-refractivity contribution >= 4 is 0 Å². The van der Waals surface area contributed by atoms with E-state index in [1.165, 1.54) is 58.3 Å². The van der Waals surface area contributed by atoms with Crippen molar-refractivity contribution in [2.45, 2.75) is 59.8 Å². The van der Waals surface area contributed by atoms with Crippen LogP contribution in [-0.4, -0.2) is 37.6 Å². The van der Waals surface area contributed by atoms with Crippen molar-refractivity contribution in [3.05, 3.63) is 0 Å². The van der Waals surface area contributed by atoms with Gasteiger partial charge in [-0.1, -0.05) is 40.5 Å². The van der Waals surface area contributed by atoms with Crippen LogP contribution in [0.25, 0.3) is 0 Å². The molecule has 0 aromatic heterocycles. The lowest BCUT2D eigenvalue weighted by Gasteiger charge is -2.42. The van der Waals surface area contributed by atoms with Gasteiger partial charge in [0.1, 0.15) is 0 Å². The van der Waals surface area contributed by atoms with Gasteiger partial charge in [-0.2, -0.15) is 0 Å². The molecule has 0 aromatic rings. The minimum atomic E-state index is 0.564. The van der Waals surface area contributed by atoms with Gasteiger partial charge in [0.15, 0.2) is 0 Å². The fourth-order valence-electron chi connectivity index (χ4n) is 4.18. The third-order valence-corrected chi connectivity index (χ3v) is 5.90. The fraction of sp³-hybridized carbons (Fsp3) is 1.00. The Hall–Kier alpha value is -0.0800. The molecule has 2 rings (SSSR count). The van der Waals surface area contributed by atoms with E-state index in [1.807, 2.05) is 0 Å². The average molecular weight is 281 g/mol. The number of rotatable bonds is 6. The summed E-state index contributed by atoms with van der Waals surface area (Å²) in [5.74, 6) is 2.75. The molecule has 2 aliphatic rings. The first kappa shape index (κ1) is 16.3. The number of hydrogen-bond donors (Lipinski definition) is 1. The minimum Gasteiger partial charge on any atom is -0.316 e. The van der Waals surface area contributed by atoms with E-state index in [4.69, 9.17) is 0 Å². The summed E-state index contributed by atoms with van der Waals surface area (Å²) in [4.78, 5) is 2.78. The minimum absolute atomic E-state index is 0.564. The third kappa shape index (κ3) is 4.21. The van der Waals surface area contributed by atoms with Gasteiger partial charge in [-0.25, -0.2) is 0 Å². The SMILES string of the molecule is CCNCC1(CN2CCC(C(C)C)C2)CCC(C)CC1. The summed E-state index contributed by atoms with van der Waals surface area (Å²) in [5.41, 5.74) is 0.564. The first-order valence-electron chi connectivity index (χ1n) is 8.98. The molecule has 1 saturated carbocycles. The van der Waals surface area contributed by atoms with Crippen molar-refractivity contribution in [1.82, 2.24) is 10.2 Å².